The summed E-state index contributed by atoms with van der Waals surface area (Å²) in [6.45, 7) is 0. The Morgan fingerprint density at radius 1 is 1.50 bits per heavy atom. The molecule has 0 aromatic rings. The molecular weight excluding hydrogens is 94.1 g/mol. The lowest BCUT2D eigenvalue weighted by Gasteiger charge is -1.93. The summed E-state index contributed by atoms with van der Waals surface area (Å²) in [6, 6.07) is 0. The molecule has 0 atom stereocenters. The van der Waals surface area contributed by atoms with Gasteiger partial charge in [0.2, 0.25) is 0 Å². The molecule has 0 aromatic carbocycles. The minimum Gasteiger partial charge on any atom is -0.333 e. The van der Waals surface area contributed by atoms with Crippen LogP contribution < -0.4 is 4.72 Å². The summed E-state index contributed by atoms with van der Waals surface area (Å²) in [4.78, 5) is 0. The summed E-state index contributed by atoms with van der Waals surface area (Å²) in [5, 5.41) is 1.99. The Labute approximate surface area is 42.7 Å². The number of hydrogen-bond acceptors (Lipinski definition) is 2. The zero-order valence-corrected chi connectivity index (χ0v) is 4.03. The van der Waals surface area contributed by atoms with Gasteiger partial charge in [-0.05, 0) is 23.4 Å². The van der Waals surface area contributed by atoms with Gasteiger partial charge in [0, 0.05) is 6.20 Å². The largest absolute Gasteiger partial charge is 1.00 e. The highest BCUT2D eigenvalue weighted by Gasteiger charge is 1.74. The fourth-order valence-electron chi connectivity index (χ4n) is 0.258. The molecule has 6 heavy (non-hydrogen) atoms. The molecule has 1 N–H and O–H groups in total. The first-order chi connectivity index (χ1) is 3.00. The van der Waals surface area contributed by atoms with Crippen molar-refractivity contribution in [3.8, 4) is 0 Å². The number of nitrogens with one attached hydrogen (secondary N) is 1. The van der Waals surface area contributed by atoms with E-state index in [1.807, 2.05) is 23.8 Å². The fourth-order valence-corrected chi connectivity index (χ4v) is 0.663. The average Bonchev–Trinajstić information content (AvgIpc) is 1.72. The second-order valence-corrected chi connectivity index (χ2v) is 1.67. The summed E-state index contributed by atoms with van der Waals surface area (Å²) in [5.41, 5.74) is 0. The van der Waals surface area contributed by atoms with Gasteiger partial charge in [0.25, 0.3) is 0 Å². The standard InChI is InChI=1S/C4H5NS/c1-2-4-6-5-3-1/h1-5H/p+1. The van der Waals surface area contributed by atoms with E-state index < -0.39 is 0 Å². The van der Waals surface area contributed by atoms with Crippen LogP contribution in [0.4, 0.5) is 0 Å². The van der Waals surface area contributed by atoms with Crippen LogP contribution in [0.5, 0.6) is 0 Å². The van der Waals surface area contributed by atoms with Gasteiger partial charge in [0.15, 0.2) is 0 Å². The van der Waals surface area contributed by atoms with Gasteiger partial charge in [-0.25, -0.2) is 0 Å². The fraction of sp³-hybridized carbons (Fsp3) is 0. The van der Waals surface area contributed by atoms with E-state index in [0.717, 1.165) is 0 Å². The van der Waals surface area contributed by atoms with E-state index in [1.54, 1.807) is 11.9 Å². The number of rotatable bonds is 0. The van der Waals surface area contributed by atoms with Crippen LogP contribution in [0.15, 0.2) is 23.8 Å². The van der Waals surface area contributed by atoms with Crippen LogP contribution in [-0.4, -0.2) is 0 Å². The monoisotopic (exact) mass is 100 g/mol. The van der Waals surface area contributed by atoms with Crippen LogP contribution in [0.1, 0.15) is 1.43 Å². The van der Waals surface area contributed by atoms with Gasteiger partial charge < -0.3 is 4.72 Å². The summed E-state index contributed by atoms with van der Waals surface area (Å²) >= 11 is 1.58. The normalized spacial score (nSPS) is 17.3. The van der Waals surface area contributed by atoms with Crippen molar-refractivity contribution in [2.45, 2.75) is 0 Å². The maximum absolute atomic E-state index is 2.93. The lowest BCUT2D eigenvalue weighted by molar-refractivity contribution is 1.42. The Morgan fingerprint density at radius 2 is 2.50 bits per heavy atom. The van der Waals surface area contributed by atoms with Crippen molar-refractivity contribution in [2.24, 2.45) is 0 Å². The molecule has 1 aliphatic heterocycles. The third kappa shape index (κ3) is 0.792. The zero-order chi connectivity index (χ0) is 4.24. The molecule has 0 unspecified atom stereocenters. The van der Waals surface area contributed by atoms with Crippen molar-refractivity contribution in [2.75, 3.05) is 0 Å². The van der Waals surface area contributed by atoms with Gasteiger partial charge in [-0.2, -0.15) is 0 Å². The first-order valence-corrected chi connectivity index (χ1v) is 2.61. The van der Waals surface area contributed by atoms with Gasteiger partial charge in [-0.3, -0.25) is 0 Å². The number of allylic oxidation sites excluding steroid dienone is 2. The third-order valence-corrected chi connectivity index (χ3v) is 1.06. The molecule has 0 fully saturated rings. The smallest absolute Gasteiger partial charge is 0.333 e. The Hall–Kier alpha value is -0.370. The second-order valence-electron chi connectivity index (χ2n) is 0.923. The van der Waals surface area contributed by atoms with E-state index >= 15 is 0 Å². The molecule has 0 saturated heterocycles. The highest BCUT2D eigenvalue weighted by molar-refractivity contribution is 8.00. The van der Waals surface area contributed by atoms with Crippen molar-refractivity contribution in [1.82, 2.24) is 4.72 Å². The Morgan fingerprint density at radius 3 is 2.67 bits per heavy atom. The lowest BCUT2D eigenvalue weighted by Crippen LogP contribution is -1.88. The Balaban J connectivity index is 0.000000360. The molecular formula is C4H6NS+. The van der Waals surface area contributed by atoms with Crippen molar-refractivity contribution in [3.63, 3.8) is 0 Å². The molecule has 0 spiro atoms. The number of hydrogen-bond donors (Lipinski definition) is 1. The topological polar surface area (TPSA) is 12.0 Å². The van der Waals surface area contributed by atoms with E-state index in [1.165, 1.54) is 0 Å². The van der Waals surface area contributed by atoms with Crippen LogP contribution in [0.25, 0.3) is 0 Å². The minimum atomic E-state index is 0. The lowest BCUT2D eigenvalue weighted by atomic mass is 10.6. The van der Waals surface area contributed by atoms with Gasteiger partial charge in [0.1, 0.15) is 0 Å². The van der Waals surface area contributed by atoms with Gasteiger partial charge >= 0.3 is 1.43 Å². The molecule has 2 heteroatoms. The highest BCUT2D eigenvalue weighted by atomic mass is 32.2. The van der Waals surface area contributed by atoms with Crippen LogP contribution >= 0.6 is 11.9 Å². The Bertz CT molecular complexity index is 77.7. The summed E-state index contributed by atoms with van der Waals surface area (Å²) in [7, 11) is 0. The minimum absolute atomic E-state index is 0. The molecule has 1 aliphatic rings. The predicted molar refractivity (Wildman–Crippen MR) is 30.1 cm³/mol. The molecule has 0 aromatic heterocycles. The molecule has 1 heterocycles. The average molecular weight is 100 g/mol. The van der Waals surface area contributed by atoms with Gasteiger partial charge in [0.05, 0.1) is 0 Å². The molecule has 0 amide bonds. The predicted octanol–water partition coefficient (Wildman–Crippen LogP) is 1.38. The van der Waals surface area contributed by atoms with E-state index in [-0.39, 0.29) is 1.43 Å². The SMILES string of the molecule is C1=CNSC=C1.[H+]. The van der Waals surface area contributed by atoms with Crippen LogP contribution in [0, 0.1) is 0 Å². The van der Waals surface area contributed by atoms with Crippen molar-refractivity contribution >= 4 is 11.9 Å². The molecule has 1 nitrogen and oxygen atoms in total. The van der Waals surface area contributed by atoms with Crippen molar-refractivity contribution in [1.29, 1.82) is 0 Å². The van der Waals surface area contributed by atoms with E-state index in [2.05, 4.69) is 4.72 Å². The summed E-state index contributed by atoms with van der Waals surface area (Å²) in [5.74, 6) is 0. The van der Waals surface area contributed by atoms with E-state index in [9.17, 15) is 0 Å². The van der Waals surface area contributed by atoms with Gasteiger partial charge in [-0.15, -0.1) is 0 Å². The van der Waals surface area contributed by atoms with E-state index in [4.69, 9.17) is 0 Å². The van der Waals surface area contributed by atoms with Gasteiger partial charge in [-0.1, -0.05) is 6.08 Å². The Kier molecular flexibility index (Phi) is 1.22. The van der Waals surface area contributed by atoms with Crippen LogP contribution in [0.2, 0.25) is 0 Å². The second kappa shape index (κ2) is 1.92. The first kappa shape index (κ1) is 3.81. The molecule has 32 valence electrons. The quantitative estimate of drug-likeness (QED) is 0.461. The molecule has 0 bridgehead atoms. The van der Waals surface area contributed by atoms with E-state index in [0.29, 0.717) is 0 Å². The van der Waals surface area contributed by atoms with Crippen molar-refractivity contribution < 1.29 is 1.43 Å². The van der Waals surface area contributed by atoms with Crippen LogP contribution in [-0.2, 0) is 0 Å². The third-order valence-electron chi connectivity index (χ3n) is 0.490. The van der Waals surface area contributed by atoms with Crippen LogP contribution in [0.3, 0.4) is 0 Å². The first-order valence-electron chi connectivity index (χ1n) is 1.73. The molecule has 0 aliphatic carbocycles. The zero-order valence-electron chi connectivity index (χ0n) is 4.22. The molecule has 1 rings (SSSR count). The summed E-state index contributed by atoms with van der Waals surface area (Å²) < 4.78 is 2.93. The molecule has 0 saturated carbocycles. The summed E-state index contributed by atoms with van der Waals surface area (Å²) in [6.07, 6.45) is 5.84. The maximum atomic E-state index is 2.93. The van der Waals surface area contributed by atoms with Crippen molar-refractivity contribution in [3.05, 3.63) is 23.8 Å². The maximum Gasteiger partial charge on any atom is 1.00 e. The molecule has 0 radical (unpaired) electrons. The highest BCUT2D eigenvalue weighted by Crippen LogP contribution is 1.98.